The molecule has 0 saturated carbocycles. The molecule has 140 valence electrons. The summed E-state index contributed by atoms with van der Waals surface area (Å²) >= 11 is 0. The number of likely N-dealkylation sites (N-methyl/N-ethyl adjacent to an activating group) is 1. The van der Waals surface area contributed by atoms with Crippen molar-refractivity contribution in [2.45, 2.75) is 19.6 Å². The van der Waals surface area contributed by atoms with Crippen LogP contribution >= 0.6 is 0 Å². The Bertz CT molecular complexity index is 1020. The second kappa shape index (κ2) is 7.19. The summed E-state index contributed by atoms with van der Waals surface area (Å²) in [5.41, 5.74) is 1.08. The van der Waals surface area contributed by atoms with Crippen molar-refractivity contribution >= 4 is 17.0 Å². The fraction of sp³-hybridized carbons (Fsp3) is 0.300. The largest absolute Gasteiger partial charge is 0.486 e. The van der Waals surface area contributed by atoms with E-state index in [-0.39, 0.29) is 18.6 Å². The Kier molecular flexibility index (Phi) is 4.58. The third-order valence-electron chi connectivity index (χ3n) is 4.59. The van der Waals surface area contributed by atoms with E-state index in [2.05, 4.69) is 0 Å². The molecular formula is C20H20N2O5. The zero-order valence-corrected chi connectivity index (χ0v) is 15.0. The summed E-state index contributed by atoms with van der Waals surface area (Å²) < 4.78 is 18.2. The second-order valence-electron chi connectivity index (χ2n) is 6.35. The van der Waals surface area contributed by atoms with Crippen LogP contribution in [0.2, 0.25) is 0 Å². The van der Waals surface area contributed by atoms with Gasteiger partial charge in [0.05, 0.1) is 12.1 Å². The molecule has 7 heteroatoms. The molecule has 0 bridgehead atoms. The van der Waals surface area contributed by atoms with Crippen LogP contribution in [0.1, 0.15) is 6.92 Å². The van der Waals surface area contributed by atoms with Crippen molar-refractivity contribution in [2.24, 2.45) is 0 Å². The van der Waals surface area contributed by atoms with Crippen molar-refractivity contribution in [1.29, 1.82) is 0 Å². The van der Waals surface area contributed by atoms with Gasteiger partial charge < -0.3 is 18.8 Å². The van der Waals surface area contributed by atoms with E-state index in [4.69, 9.17) is 13.9 Å². The highest BCUT2D eigenvalue weighted by Crippen LogP contribution is 2.31. The number of rotatable bonds is 5. The summed E-state index contributed by atoms with van der Waals surface area (Å²) in [5.74, 6) is 0.675. The van der Waals surface area contributed by atoms with Crippen LogP contribution in [-0.4, -0.2) is 41.2 Å². The lowest BCUT2D eigenvalue weighted by molar-refractivity contribution is -0.133. The smallest absolute Gasteiger partial charge is 0.420 e. The van der Waals surface area contributed by atoms with Crippen LogP contribution in [0.4, 0.5) is 0 Å². The van der Waals surface area contributed by atoms with Crippen LogP contribution in [0.5, 0.6) is 11.5 Å². The molecule has 1 amide bonds. The number of aromatic nitrogens is 1. The fourth-order valence-electron chi connectivity index (χ4n) is 3.21. The fourth-order valence-corrected chi connectivity index (χ4v) is 3.21. The lowest BCUT2D eigenvalue weighted by Gasteiger charge is -2.31. The van der Waals surface area contributed by atoms with Gasteiger partial charge in [0.1, 0.15) is 13.2 Å². The molecule has 0 radical (unpaired) electrons. The van der Waals surface area contributed by atoms with E-state index in [9.17, 15) is 9.59 Å². The monoisotopic (exact) mass is 368 g/mol. The van der Waals surface area contributed by atoms with Crippen LogP contribution in [0.3, 0.4) is 0 Å². The Balaban J connectivity index is 1.47. The minimum atomic E-state index is -0.535. The summed E-state index contributed by atoms with van der Waals surface area (Å²) in [5, 5.41) is 0. The molecule has 1 aliphatic heterocycles. The van der Waals surface area contributed by atoms with Gasteiger partial charge in [0, 0.05) is 6.54 Å². The number of ether oxygens (including phenoxy) is 2. The third-order valence-corrected chi connectivity index (χ3v) is 4.59. The lowest BCUT2D eigenvalue weighted by Crippen LogP contribution is -2.45. The zero-order valence-electron chi connectivity index (χ0n) is 15.0. The number of oxazole rings is 1. The predicted octanol–water partition coefficient (Wildman–Crippen LogP) is 2.28. The number of para-hydroxylation sites is 4. The van der Waals surface area contributed by atoms with Crippen LogP contribution < -0.4 is 15.2 Å². The summed E-state index contributed by atoms with van der Waals surface area (Å²) in [6.07, 6.45) is -0.262. The van der Waals surface area contributed by atoms with Crippen LogP contribution in [0.15, 0.2) is 57.7 Å². The molecule has 0 N–H and O–H groups in total. The topological polar surface area (TPSA) is 73.9 Å². The normalized spacial score (nSPS) is 15.7. The van der Waals surface area contributed by atoms with E-state index in [0.29, 0.717) is 42.3 Å². The molecule has 3 aromatic rings. The Hall–Kier alpha value is -3.22. The molecule has 2 aromatic carbocycles. The quantitative estimate of drug-likeness (QED) is 0.691. The van der Waals surface area contributed by atoms with Crippen LogP contribution in [-0.2, 0) is 11.3 Å². The van der Waals surface area contributed by atoms with E-state index in [1.165, 1.54) is 4.57 Å². The average Bonchev–Trinajstić information content (AvgIpc) is 3.01. The number of amides is 1. The van der Waals surface area contributed by atoms with Gasteiger partial charge in [-0.3, -0.25) is 9.36 Å². The third kappa shape index (κ3) is 3.40. The van der Waals surface area contributed by atoms with Gasteiger partial charge >= 0.3 is 5.76 Å². The number of carbonyl (C=O) groups excluding carboxylic acids is 1. The Morgan fingerprint density at radius 2 is 1.89 bits per heavy atom. The molecular weight excluding hydrogens is 348 g/mol. The van der Waals surface area contributed by atoms with Crippen LogP contribution in [0, 0.1) is 0 Å². The SMILES string of the molecule is CCN(CC1COc2ccccc2O1)C(=O)Cn1c(=O)oc2ccccc21. The molecule has 4 rings (SSSR count). The van der Waals surface area contributed by atoms with E-state index < -0.39 is 5.76 Å². The van der Waals surface area contributed by atoms with Crippen molar-refractivity contribution in [3.05, 3.63) is 59.1 Å². The maximum Gasteiger partial charge on any atom is 0.420 e. The molecule has 0 fully saturated rings. The van der Waals surface area contributed by atoms with Gasteiger partial charge in [-0.25, -0.2) is 4.79 Å². The van der Waals surface area contributed by atoms with E-state index >= 15 is 0 Å². The van der Waals surface area contributed by atoms with Crippen molar-refractivity contribution in [3.8, 4) is 11.5 Å². The molecule has 0 saturated heterocycles. The molecule has 0 aliphatic carbocycles. The van der Waals surface area contributed by atoms with Gasteiger partial charge in [0.15, 0.2) is 23.2 Å². The van der Waals surface area contributed by atoms with Crippen molar-refractivity contribution in [1.82, 2.24) is 9.47 Å². The molecule has 0 spiro atoms. The highest BCUT2D eigenvalue weighted by Gasteiger charge is 2.25. The average molecular weight is 368 g/mol. The Morgan fingerprint density at radius 1 is 1.15 bits per heavy atom. The summed E-state index contributed by atoms with van der Waals surface area (Å²) in [6, 6.07) is 14.5. The van der Waals surface area contributed by atoms with E-state index in [0.717, 1.165) is 0 Å². The van der Waals surface area contributed by atoms with Gasteiger partial charge in [0.2, 0.25) is 5.91 Å². The molecule has 1 aromatic heterocycles. The van der Waals surface area contributed by atoms with Gasteiger partial charge in [-0.1, -0.05) is 24.3 Å². The lowest BCUT2D eigenvalue weighted by atomic mass is 10.2. The molecule has 27 heavy (non-hydrogen) atoms. The van der Waals surface area contributed by atoms with Gasteiger partial charge in [-0.15, -0.1) is 0 Å². The first-order chi connectivity index (χ1) is 13.2. The maximum absolute atomic E-state index is 12.8. The van der Waals surface area contributed by atoms with Crippen molar-refractivity contribution in [3.63, 3.8) is 0 Å². The van der Waals surface area contributed by atoms with E-state index in [1.807, 2.05) is 31.2 Å². The maximum atomic E-state index is 12.8. The molecule has 1 aliphatic rings. The first-order valence-electron chi connectivity index (χ1n) is 8.90. The summed E-state index contributed by atoms with van der Waals surface area (Å²) in [6.45, 7) is 3.08. The molecule has 7 nitrogen and oxygen atoms in total. The highest BCUT2D eigenvalue weighted by atomic mass is 16.6. The summed E-state index contributed by atoms with van der Waals surface area (Å²) in [7, 11) is 0. The van der Waals surface area contributed by atoms with Crippen molar-refractivity contribution in [2.75, 3.05) is 19.7 Å². The van der Waals surface area contributed by atoms with Gasteiger partial charge in [-0.05, 0) is 31.2 Å². The standard InChI is InChI=1S/C20H20N2O5/c1-2-21(11-14-13-25-17-9-5-6-10-18(17)26-14)19(23)12-22-15-7-3-4-8-16(15)27-20(22)24/h3-10,14H,2,11-13H2,1H3. The van der Waals surface area contributed by atoms with Gasteiger partial charge in [0.25, 0.3) is 0 Å². The first kappa shape index (κ1) is 17.2. The van der Waals surface area contributed by atoms with Crippen LogP contribution in [0.25, 0.3) is 11.1 Å². The zero-order chi connectivity index (χ0) is 18.8. The van der Waals surface area contributed by atoms with Gasteiger partial charge in [-0.2, -0.15) is 0 Å². The number of carbonyl (C=O) groups is 1. The predicted molar refractivity (Wildman–Crippen MR) is 99.1 cm³/mol. The number of fused-ring (bicyclic) bond motifs is 2. The summed E-state index contributed by atoms with van der Waals surface area (Å²) in [4.78, 5) is 26.5. The Morgan fingerprint density at radius 3 is 2.70 bits per heavy atom. The number of hydrogen-bond acceptors (Lipinski definition) is 5. The van der Waals surface area contributed by atoms with E-state index in [1.54, 1.807) is 29.2 Å². The first-order valence-corrected chi connectivity index (χ1v) is 8.90. The highest BCUT2D eigenvalue weighted by molar-refractivity contribution is 5.79. The number of nitrogens with zero attached hydrogens (tertiary/aromatic N) is 2. The minimum Gasteiger partial charge on any atom is -0.486 e. The molecule has 1 unspecified atom stereocenters. The number of benzene rings is 2. The number of hydrogen-bond donors (Lipinski definition) is 0. The van der Waals surface area contributed by atoms with Crippen molar-refractivity contribution < 1.29 is 18.7 Å². The second-order valence-corrected chi connectivity index (χ2v) is 6.35. The Labute approximate surface area is 155 Å². The molecule has 1 atom stereocenters. The molecule has 2 heterocycles. The minimum absolute atomic E-state index is 0.0755.